The van der Waals surface area contributed by atoms with E-state index in [4.69, 9.17) is 9.47 Å². The smallest absolute Gasteiger partial charge is 0.212 e. The monoisotopic (exact) mass is 323 g/mol. The predicted octanol–water partition coefficient (Wildman–Crippen LogP) is -0.746. The summed E-state index contributed by atoms with van der Waals surface area (Å²) in [4.78, 5) is 2.18. The van der Waals surface area contributed by atoms with Gasteiger partial charge in [0.1, 0.15) is 0 Å². The van der Waals surface area contributed by atoms with Gasteiger partial charge in [0.05, 0.1) is 19.0 Å². The summed E-state index contributed by atoms with van der Waals surface area (Å²) in [6, 6.07) is 0. The number of methoxy groups -OCH3 is 1. The summed E-state index contributed by atoms with van der Waals surface area (Å²) >= 11 is 0. The SMILES string of the molecule is COCCOCCCCNS(=O)(=O)CCN1CCNCC1. The molecule has 0 aliphatic carbocycles. The molecule has 1 saturated heterocycles. The topological polar surface area (TPSA) is 79.9 Å². The first-order chi connectivity index (χ1) is 10.1. The quantitative estimate of drug-likeness (QED) is 0.460. The fourth-order valence-corrected chi connectivity index (χ4v) is 3.16. The van der Waals surface area contributed by atoms with Gasteiger partial charge in [-0.1, -0.05) is 0 Å². The van der Waals surface area contributed by atoms with Crippen LogP contribution in [0.15, 0.2) is 0 Å². The van der Waals surface area contributed by atoms with Gasteiger partial charge >= 0.3 is 0 Å². The number of nitrogens with one attached hydrogen (secondary N) is 2. The molecule has 0 saturated carbocycles. The van der Waals surface area contributed by atoms with Crippen molar-refractivity contribution in [1.29, 1.82) is 0 Å². The van der Waals surface area contributed by atoms with Crippen LogP contribution in [0.1, 0.15) is 12.8 Å². The molecule has 1 aliphatic heterocycles. The van der Waals surface area contributed by atoms with Crippen LogP contribution in [-0.2, 0) is 19.5 Å². The lowest BCUT2D eigenvalue weighted by Gasteiger charge is -2.26. The Kier molecular flexibility index (Phi) is 10.1. The lowest BCUT2D eigenvalue weighted by molar-refractivity contribution is 0.0689. The Balaban J connectivity index is 1.99. The third-order valence-electron chi connectivity index (χ3n) is 3.36. The molecule has 0 bridgehead atoms. The Morgan fingerprint density at radius 3 is 2.62 bits per heavy atom. The molecule has 0 unspecified atom stereocenters. The molecule has 0 aromatic carbocycles. The summed E-state index contributed by atoms with van der Waals surface area (Å²) < 4.78 is 36.5. The molecule has 0 spiro atoms. The van der Waals surface area contributed by atoms with Gasteiger partial charge in [0.15, 0.2) is 0 Å². The second-order valence-corrected chi connectivity index (χ2v) is 7.04. The lowest BCUT2D eigenvalue weighted by atomic mass is 10.3. The third kappa shape index (κ3) is 10.2. The van der Waals surface area contributed by atoms with Gasteiger partial charge in [0.25, 0.3) is 0 Å². The number of nitrogens with zero attached hydrogens (tertiary/aromatic N) is 1. The van der Waals surface area contributed by atoms with Crippen molar-refractivity contribution < 1.29 is 17.9 Å². The molecule has 0 aromatic rings. The molecule has 7 nitrogen and oxygen atoms in total. The normalized spacial score (nSPS) is 17.2. The number of hydrogen-bond donors (Lipinski definition) is 2. The zero-order chi connectivity index (χ0) is 15.4. The van der Waals surface area contributed by atoms with Crippen LogP contribution >= 0.6 is 0 Å². The van der Waals surface area contributed by atoms with Gasteiger partial charge in [-0.3, -0.25) is 4.90 Å². The number of piperazine rings is 1. The number of ether oxygens (including phenoxy) is 2. The molecule has 8 heteroatoms. The molecular formula is C13H29N3O4S. The second-order valence-electron chi connectivity index (χ2n) is 5.12. The third-order valence-corrected chi connectivity index (χ3v) is 4.72. The number of hydrogen-bond acceptors (Lipinski definition) is 6. The van der Waals surface area contributed by atoms with Gasteiger partial charge in [0.2, 0.25) is 10.0 Å². The first-order valence-corrected chi connectivity index (χ1v) is 9.26. The van der Waals surface area contributed by atoms with Gasteiger partial charge in [-0.15, -0.1) is 0 Å². The Hall–Kier alpha value is -0.250. The maximum Gasteiger partial charge on any atom is 0.212 e. The fourth-order valence-electron chi connectivity index (χ4n) is 2.06. The minimum absolute atomic E-state index is 0.178. The van der Waals surface area contributed by atoms with Crippen molar-refractivity contribution in [2.45, 2.75) is 12.8 Å². The standard InChI is InChI=1S/C13H29N3O4S/c1-19-11-12-20-10-3-2-4-15-21(17,18)13-9-16-7-5-14-6-8-16/h14-15H,2-13H2,1H3. The van der Waals surface area contributed by atoms with Gasteiger partial charge in [-0.25, -0.2) is 13.1 Å². The Morgan fingerprint density at radius 1 is 1.14 bits per heavy atom. The van der Waals surface area contributed by atoms with Gasteiger partial charge in [-0.05, 0) is 12.8 Å². The van der Waals surface area contributed by atoms with Crippen LogP contribution in [0.2, 0.25) is 0 Å². The van der Waals surface area contributed by atoms with E-state index in [1.54, 1.807) is 7.11 Å². The second kappa shape index (κ2) is 11.3. The van der Waals surface area contributed by atoms with Crippen molar-refractivity contribution in [1.82, 2.24) is 14.9 Å². The Labute approximate surface area is 128 Å². The van der Waals surface area contributed by atoms with Crippen LogP contribution in [0.25, 0.3) is 0 Å². The predicted molar refractivity (Wildman–Crippen MR) is 83.0 cm³/mol. The number of sulfonamides is 1. The van der Waals surface area contributed by atoms with Crippen LogP contribution in [-0.4, -0.2) is 85.3 Å². The summed E-state index contributed by atoms with van der Waals surface area (Å²) in [6.07, 6.45) is 1.64. The van der Waals surface area contributed by atoms with Crippen LogP contribution in [0.5, 0.6) is 0 Å². The van der Waals surface area contributed by atoms with Crippen molar-refractivity contribution >= 4 is 10.0 Å². The van der Waals surface area contributed by atoms with Crippen molar-refractivity contribution in [2.24, 2.45) is 0 Å². The highest BCUT2D eigenvalue weighted by molar-refractivity contribution is 7.89. The lowest BCUT2D eigenvalue weighted by Crippen LogP contribution is -2.46. The molecule has 126 valence electrons. The van der Waals surface area contributed by atoms with Crippen molar-refractivity contribution in [3.05, 3.63) is 0 Å². The molecule has 1 heterocycles. The number of rotatable bonds is 12. The molecule has 0 amide bonds. The summed E-state index contributed by atoms with van der Waals surface area (Å²) in [5.41, 5.74) is 0. The summed E-state index contributed by atoms with van der Waals surface area (Å²) in [7, 11) is -1.52. The first kappa shape index (κ1) is 18.8. The maximum atomic E-state index is 11.8. The van der Waals surface area contributed by atoms with E-state index in [2.05, 4.69) is 14.9 Å². The first-order valence-electron chi connectivity index (χ1n) is 7.61. The van der Waals surface area contributed by atoms with E-state index in [0.29, 0.717) is 32.9 Å². The molecule has 0 atom stereocenters. The van der Waals surface area contributed by atoms with Crippen molar-refractivity contribution in [2.75, 3.05) is 72.0 Å². The molecule has 1 fully saturated rings. The molecule has 1 rings (SSSR count). The molecule has 0 radical (unpaired) electrons. The van der Waals surface area contributed by atoms with Crippen molar-refractivity contribution in [3.8, 4) is 0 Å². The minimum Gasteiger partial charge on any atom is -0.382 e. The minimum atomic E-state index is -3.16. The van der Waals surface area contributed by atoms with E-state index >= 15 is 0 Å². The molecule has 1 aliphatic rings. The van der Waals surface area contributed by atoms with E-state index < -0.39 is 10.0 Å². The largest absolute Gasteiger partial charge is 0.382 e. The number of unbranched alkanes of at least 4 members (excludes halogenated alkanes) is 1. The fraction of sp³-hybridized carbons (Fsp3) is 1.00. The van der Waals surface area contributed by atoms with Gasteiger partial charge in [-0.2, -0.15) is 0 Å². The molecule has 21 heavy (non-hydrogen) atoms. The van der Waals surface area contributed by atoms with E-state index in [9.17, 15) is 8.42 Å². The zero-order valence-corrected chi connectivity index (χ0v) is 13.8. The van der Waals surface area contributed by atoms with Crippen LogP contribution < -0.4 is 10.0 Å². The van der Waals surface area contributed by atoms with E-state index in [1.807, 2.05) is 0 Å². The highest BCUT2D eigenvalue weighted by atomic mass is 32.2. The average Bonchev–Trinajstić information content (AvgIpc) is 2.49. The highest BCUT2D eigenvalue weighted by Gasteiger charge is 2.14. The highest BCUT2D eigenvalue weighted by Crippen LogP contribution is 1.95. The summed E-state index contributed by atoms with van der Waals surface area (Å²) in [5.74, 6) is 0.178. The summed E-state index contributed by atoms with van der Waals surface area (Å²) in [6.45, 7) is 6.65. The molecule has 2 N–H and O–H groups in total. The zero-order valence-electron chi connectivity index (χ0n) is 13.0. The van der Waals surface area contributed by atoms with E-state index in [1.165, 1.54) is 0 Å². The summed E-state index contributed by atoms with van der Waals surface area (Å²) in [5, 5.41) is 3.25. The van der Waals surface area contributed by atoms with E-state index in [0.717, 1.165) is 39.0 Å². The Morgan fingerprint density at radius 2 is 1.90 bits per heavy atom. The van der Waals surface area contributed by atoms with Gasteiger partial charge < -0.3 is 14.8 Å². The maximum absolute atomic E-state index is 11.8. The average molecular weight is 323 g/mol. The van der Waals surface area contributed by atoms with Crippen LogP contribution in [0.4, 0.5) is 0 Å². The molecular weight excluding hydrogens is 294 g/mol. The van der Waals surface area contributed by atoms with Gasteiger partial charge in [0, 0.05) is 53.0 Å². The Bertz CT molecular complexity index is 345. The molecule has 0 aromatic heterocycles. The van der Waals surface area contributed by atoms with E-state index in [-0.39, 0.29) is 5.75 Å². The van der Waals surface area contributed by atoms with Crippen LogP contribution in [0.3, 0.4) is 0 Å². The van der Waals surface area contributed by atoms with Crippen LogP contribution in [0, 0.1) is 0 Å². The van der Waals surface area contributed by atoms with Crippen molar-refractivity contribution in [3.63, 3.8) is 0 Å².